The highest BCUT2D eigenvalue weighted by atomic mass is 35.5. The fourth-order valence-electron chi connectivity index (χ4n) is 4.30. The van der Waals surface area contributed by atoms with E-state index in [4.69, 9.17) is 11.6 Å². The quantitative estimate of drug-likeness (QED) is 0.516. The summed E-state index contributed by atoms with van der Waals surface area (Å²) < 4.78 is 0. The molecule has 3 atom stereocenters. The molecule has 1 saturated heterocycles. The Morgan fingerprint density at radius 2 is 2.09 bits per heavy atom. The lowest BCUT2D eigenvalue weighted by Gasteiger charge is -2.25. The lowest BCUT2D eigenvalue weighted by Crippen LogP contribution is -2.51. The van der Waals surface area contributed by atoms with Gasteiger partial charge >= 0.3 is 0 Å². The van der Waals surface area contributed by atoms with Gasteiger partial charge in [0.1, 0.15) is 17.2 Å². The average Bonchev–Trinajstić information content (AvgIpc) is 3.48. The predicted molar refractivity (Wildman–Crippen MR) is 118 cm³/mol. The molecule has 0 spiro atoms. The highest BCUT2D eigenvalue weighted by Crippen LogP contribution is 2.34. The number of fused-ring (bicyclic) bond motifs is 1. The molecule has 1 aromatic rings. The van der Waals surface area contributed by atoms with Crippen LogP contribution < -0.4 is 16.0 Å². The minimum Gasteiger partial charge on any atom is -0.356 e. The zero-order chi connectivity index (χ0) is 22.7. The highest BCUT2D eigenvalue weighted by molar-refractivity contribution is 6.31. The van der Waals surface area contributed by atoms with E-state index in [2.05, 4.69) is 27.0 Å². The zero-order valence-corrected chi connectivity index (χ0v) is 18.5. The van der Waals surface area contributed by atoms with Crippen LogP contribution in [0.3, 0.4) is 0 Å². The van der Waals surface area contributed by atoms with Crippen molar-refractivity contribution in [3.8, 4) is 6.07 Å². The van der Waals surface area contributed by atoms with E-state index in [1.54, 1.807) is 12.3 Å². The molecule has 3 amide bonds. The van der Waals surface area contributed by atoms with E-state index in [0.717, 1.165) is 30.4 Å². The third-order valence-electron chi connectivity index (χ3n) is 6.30. The second kappa shape index (κ2) is 9.70. The zero-order valence-electron chi connectivity index (χ0n) is 17.7. The topological polar surface area (TPSA) is 124 Å². The Morgan fingerprint density at radius 3 is 2.78 bits per heavy atom. The Hall–Kier alpha value is -2.92. The van der Waals surface area contributed by atoms with E-state index in [0.29, 0.717) is 42.5 Å². The first-order valence-electron chi connectivity index (χ1n) is 11.1. The van der Waals surface area contributed by atoms with Crippen molar-refractivity contribution >= 4 is 35.4 Å². The molecule has 2 heterocycles. The van der Waals surface area contributed by atoms with Gasteiger partial charge in [-0.3, -0.25) is 14.4 Å². The second-order valence-electron chi connectivity index (χ2n) is 8.78. The van der Waals surface area contributed by atoms with E-state index >= 15 is 0 Å². The van der Waals surface area contributed by atoms with Gasteiger partial charge in [-0.05, 0) is 49.3 Å². The van der Waals surface area contributed by atoms with Crippen LogP contribution in [0.25, 0.3) is 6.08 Å². The molecule has 0 radical (unpaired) electrons. The molecular formula is C23H26ClN5O3. The van der Waals surface area contributed by atoms with Crippen molar-refractivity contribution in [3.05, 3.63) is 34.1 Å². The minimum absolute atomic E-state index is 0.0746. The Labute approximate surface area is 191 Å². The van der Waals surface area contributed by atoms with E-state index in [1.165, 1.54) is 0 Å². The molecule has 1 aromatic heterocycles. The summed E-state index contributed by atoms with van der Waals surface area (Å²) in [6.07, 6.45) is 8.16. The average molecular weight is 456 g/mol. The van der Waals surface area contributed by atoms with Gasteiger partial charge in [0, 0.05) is 36.2 Å². The van der Waals surface area contributed by atoms with Crippen molar-refractivity contribution in [2.45, 2.75) is 57.0 Å². The molecule has 4 rings (SSSR count). The van der Waals surface area contributed by atoms with Crippen molar-refractivity contribution in [1.82, 2.24) is 20.9 Å². The first-order valence-corrected chi connectivity index (χ1v) is 11.4. The summed E-state index contributed by atoms with van der Waals surface area (Å²) in [5, 5.41) is 18.3. The van der Waals surface area contributed by atoms with Gasteiger partial charge < -0.3 is 16.0 Å². The monoisotopic (exact) mass is 455 g/mol. The van der Waals surface area contributed by atoms with Crippen LogP contribution >= 0.6 is 11.6 Å². The molecule has 32 heavy (non-hydrogen) atoms. The van der Waals surface area contributed by atoms with Crippen molar-refractivity contribution < 1.29 is 14.4 Å². The number of pyridine rings is 1. The van der Waals surface area contributed by atoms with E-state index < -0.39 is 12.1 Å². The van der Waals surface area contributed by atoms with Crippen molar-refractivity contribution in [3.63, 3.8) is 0 Å². The largest absolute Gasteiger partial charge is 0.356 e. The van der Waals surface area contributed by atoms with Crippen LogP contribution in [-0.2, 0) is 20.8 Å². The number of carbonyl (C=O) groups excluding carboxylic acids is 3. The van der Waals surface area contributed by atoms with Gasteiger partial charge in [0.15, 0.2) is 0 Å². The number of aromatic nitrogens is 1. The van der Waals surface area contributed by atoms with Crippen molar-refractivity contribution in [2.75, 3.05) is 6.54 Å². The Bertz CT molecular complexity index is 998. The Balaban J connectivity index is 1.39. The number of rotatable bonds is 8. The van der Waals surface area contributed by atoms with Crippen LogP contribution in [0.1, 0.15) is 49.7 Å². The molecule has 1 aliphatic heterocycles. The second-order valence-corrected chi connectivity index (χ2v) is 9.14. The summed E-state index contributed by atoms with van der Waals surface area (Å²) in [5.41, 5.74) is 2.19. The third kappa shape index (κ3) is 5.28. The summed E-state index contributed by atoms with van der Waals surface area (Å²) >= 11 is 6.13. The number of halogens is 1. The molecule has 0 bridgehead atoms. The summed E-state index contributed by atoms with van der Waals surface area (Å²) in [5.74, 6) is -0.675. The maximum Gasteiger partial charge on any atom is 0.248 e. The molecule has 8 nitrogen and oxygen atoms in total. The standard InChI is InChI=1S/C23H26ClN5O3/c24-20-18-11-16(9-14(18)5-7-26-20)22(31)29-19(8-13-3-4-13)23(32)28-17(12-25)10-15-2-1-6-27-21(15)30/h5,7,11,13,15,17,19H,1-4,6,8-10H2,(H,27,30)(H,28,32)(H,29,31)/t15-,17-,19-/m0/s1. The summed E-state index contributed by atoms with van der Waals surface area (Å²) in [6, 6.07) is 2.40. The molecule has 168 valence electrons. The van der Waals surface area contributed by atoms with Crippen LogP contribution in [0.4, 0.5) is 0 Å². The van der Waals surface area contributed by atoms with Gasteiger partial charge in [-0.2, -0.15) is 5.26 Å². The van der Waals surface area contributed by atoms with Gasteiger partial charge in [-0.25, -0.2) is 4.98 Å². The number of hydrogen-bond acceptors (Lipinski definition) is 5. The first kappa shape index (κ1) is 22.3. The molecule has 1 saturated carbocycles. The van der Waals surface area contributed by atoms with Crippen LogP contribution in [0.5, 0.6) is 0 Å². The highest BCUT2D eigenvalue weighted by Gasteiger charge is 2.33. The van der Waals surface area contributed by atoms with E-state index in [-0.39, 0.29) is 30.1 Å². The van der Waals surface area contributed by atoms with Crippen molar-refractivity contribution in [2.24, 2.45) is 11.8 Å². The number of amides is 3. The SMILES string of the molecule is N#C[C@H](C[C@@H]1CCCNC1=O)NC(=O)[C@H](CC1CC1)NC(=O)C1=Cc2c(ccnc2Cl)C1. The number of nitriles is 1. The Kier molecular flexibility index (Phi) is 6.75. The maximum atomic E-state index is 13.0. The molecule has 9 heteroatoms. The summed E-state index contributed by atoms with van der Waals surface area (Å²) in [6.45, 7) is 0.648. The molecular weight excluding hydrogens is 430 g/mol. The number of nitrogens with one attached hydrogen (secondary N) is 3. The molecule has 3 aliphatic rings. The fourth-order valence-corrected chi connectivity index (χ4v) is 4.53. The summed E-state index contributed by atoms with van der Waals surface area (Å²) in [4.78, 5) is 42.0. The van der Waals surface area contributed by atoms with Crippen LogP contribution in [0, 0.1) is 23.2 Å². The van der Waals surface area contributed by atoms with Gasteiger partial charge in [0.05, 0.1) is 6.07 Å². The molecule has 2 fully saturated rings. The molecule has 2 aliphatic carbocycles. The van der Waals surface area contributed by atoms with Crippen LogP contribution in [0.2, 0.25) is 5.15 Å². The lowest BCUT2D eigenvalue weighted by atomic mass is 9.92. The van der Waals surface area contributed by atoms with E-state index in [9.17, 15) is 19.6 Å². The smallest absolute Gasteiger partial charge is 0.248 e. The minimum atomic E-state index is -0.783. The predicted octanol–water partition coefficient (Wildman–Crippen LogP) is 1.88. The third-order valence-corrected chi connectivity index (χ3v) is 6.60. The number of nitrogens with zero attached hydrogens (tertiary/aromatic N) is 2. The molecule has 3 N–H and O–H groups in total. The number of hydrogen-bond donors (Lipinski definition) is 3. The lowest BCUT2D eigenvalue weighted by molar-refractivity contribution is -0.129. The summed E-state index contributed by atoms with van der Waals surface area (Å²) in [7, 11) is 0. The van der Waals surface area contributed by atoms with Gasteiger partial charge in [0.2, 0.25) is 17.7 Å². The normalized spacial score (nSPS) is 21.4. The number of carbonyl (C=O) groups is 3. The van der Waals surface area contributed by atoms with E-state index in [1.807, 2.05) is 6.07 Å². The first-order chi connectivity index (χ1) is 15.4. The van der Waals surface area contributed by atoms with Crippen molar-refractivity contribution in [1.29, 1.82) is 5.26 Å². The van der Waals surface area contributed by atoms with Gasteiger partial charge in [-0.1, -0.05) is 24.4 Å². The molecule has 0 aromatic carbocycles. The van der Waals surface area contributed by atoms with Gasteiger partial charge in [0.25, 0.3) is 0 Å². The van der Waals surface area contributed by atoms with Crippen LogP contribution in [-0.4, -0.2) is 41.3 Å². The Morgan fingerprint density at radius 1 is 1.28 bits per heavy atom. The maximum absolute atomic E-state index is 13.0. The van der Waals surface area contributed by atoms with Gasteiger partial charge in [-0.15, -0.1) is 0 Å². The fraction of sp³-hybridized carbons (Fsp3) is 0.522. The number of piperidine rings is 1. The molecule has 0 unspecified atom stereocenters. The van der Waals surface area contributed by atoms with Crippen LogP contribution in [0.15, 0.2) is 17.8 Å².